The van der Waals surface area contributed by atoms with E-state index >= 15 is 0 Å². The van der Waals surface area contributed by atoms with Gasteiger partial charge in [-0.1, -0.05) is 0 Å². The fourth-order valence-corrected chi connectivity index (χ4v) is 0.258. The monoisotopic (exact) mass is 227 g/mol. The van der Waals surface area contributed by atoms with Crippen molar-refractivity contribution in [3.63, 3.8) is 0 Å². The summed E-state index contributed by atoms with van der Waals surface area (Å²) in [7, 11) is 0. The Labute approximate surface area is 140 Å². The Morgan fingerprint density at radius 2 is 1.17 bits per heavy atom. The van der Waals surface area contributed by atoms with E-state index in [1.165, 1.54) is 0 Å². The molecule has 6 nitrogen and oxygen atoms in total. The number of aliphatic hydroxyl groups excluding tert-OH is 2. The van der Waals surface area contributed by atoms with E-state index in [-0.39, 0.29) is 89.1 Å². The van der Waals surface area contributed by atoms with Gasteiger partial charge in [0.05, 0.1) is 11.9 Å². The van der Waals surface area contributed by atoms with Gasteiger partial charge in [0.1, 0.15) is 12.2 Å². The van der Waals surface area contributed by atoms with Crippen molar-refractivity contribution in [1.82, 2.24) is 0 Å². The van der Waals surface area contributed by atoms with Gasteiger partial charge >= 0.3 is 89.1 Å². The molecule has 12 heavy (non-hydrogen) atoms. The van der Waals surface area contributed by atoms with Gasteiger partial charge < -0.3 is 30.0 Å². The molecule has 0 aliphatic carbocycles. The zero-order chi connectivity index (χ0) is 8.31. The van der Waals surface area contributed by atoms with Gasteiger partial charge in [0.15, 0.2) is 0 Å². The van der Waals surface area contributed by atoms with E-state index in [9.17, 15) is 19.8 Å². The van der Waals surface area contributed by atoms with E-state index in [0.29, 0.717) is 0 Å². The van der Waals surface area contributed by atoms with Gasteiger partial charge in [0.25, 0.3) is 0 Å². The number of rotatable bonds is 3. The maximum Gasteiger partial charge on any atom is 2.00 e. The van der Waals surface area contributed by atoms with E-state index < -0.39 is 24.1 Å². The summed E-state index contributed by atoms with van der Waals surface area (Å²) in [6.07, 6.45) is -4.88. The first-order valence-corrected chi connectivity index (χ1v) is 2.24. The molecular formula is C4H4CaKO6+. The Hall–Kier alpha value is 1.76. The topological polar surface area (TPSA) is 121 Å². The first kappa shape index (κ1) is 19.3. The molecule has 2 unspecified atom stereocenters. The van der Waals surface area contributed by atoms with Gasteiger partial charge in [-0.3, -0.25) is 0 Å². The minimum absolute atomic E-state index is 0. The second kappa shape index (κ2) is 9.32. The van der Waals surface area contributed by atoms with E-state index in [0.717, 1.165) is 0 Å². The molecule has 0 radical (unpaired) electrons. The Morgan fingerprint density at radius 1 is 1.00 bits per heavy atom. The average Bonchev–Trinajstić information content (AvgIpc) is 1.84. The Bertz CT molecular complexity index is 144. The molecule has 0 aromatic carbocycles. The molecule has 0 aromatic heterocycles. The molecule has 0 heterocycles. The molecule has 0 saturated carbocycles. The second-order valence-corrected chi connectivity index (χ2v) is 1.53. The SMILES string of the molecule is O=C([O-])C(O)C(O)C(=O)[O-].[Ca+2].[K+]. The van der Waals surface area contributed by atoms with Gasteiger partial charge in [-0.2, -0.15) is 0 Å². The van der Waals surface area contributed by atoms with Crippen LogP contribution in [0.25, 0.3) is 0 Å². The third kappa shape index (κ3) is 7.19. The van der Waals surface area contributed by atoms with Gasteiger partial charge in [0.2, 0.25) is 0 Å². The molecule has 58 valence electrons. The number of carbonyl (C=O) groups excluding carboxylic acids is 2. The number of aliphatic hydroxyl groups is 2. The minimum Gasteiger partial charge on any atom is -0.547 e. The summed E-state index contributed by atoms with van der Waals surface area (Å²) >= 11 is 0. The third-order valence-corrected chi connectivity index (χ3v) is 0.782. The quantitative estimate of drug-likeness (QED) is 0.462. The van der Waals surface area contributed by atoms with Crippen LogP contribution in [0, 0.1) is 0 Å². The molecule has 0 aliphatic rings. The predicted molar refractivity (Wildman–Crippen MR) is 27.8 cm³/mol. The van der Waals surface area contributed by atoms with Crippen LogP contribution in [0.5, 0.6) is 0 Å². The fraction of sp³-hybridized carbons (Fsp3) is 0.500. The molecule has 8 heteroatoms. The van der Waals surface area contributed by atoms with Gasteiger partial charge in [-0.05, 0) is 0 Å². The third-order valence-electron chi connectivity index (χ3n) is 0.782. The molecule has 0 amide bonds. The van der Waals surface area contributed by atoms with Crippen LogP contribution in [0.1, 0.15) is 0 Å². The summed E-state index contributed by atoms with van der Waals surface area (Å²) in [5, 5.41) is 35.7. The molecule has 0 aromatic rings. The molecule has 0 spiro atoms. The minimum atomic E-state index is -2.44. The smallest absolute Gasteiger partial charge is 0.547 e. The summed E-state index contributed by atoms with van der Waals surface area (Å²) in [4.78, 5) is 19.3. The number of carboxylic acid groups (broad SMARTS) is 2. The van der Waals surface area contributed by atoms with E-state index in [1.807, 2.05) is 0 Å². The van der Waals surface area contributed by atoms with E-state index in [1.54, 1.807) is 0 Å². The maximum absolute atomic E-state index is 9.63. The zero-order valence-corrected chi connectivity index (χ0v) is 11.7. The molecule has 0 saturated heterocycles. The Balaban J connectivity index is -0.000000405. The maximum atomic E-state index is 9.63. The van der Waals surface area contributed by atoms with E-state index in [2.05, 4.69) is 0 Å². The van der Waals surface area contributed by atoms with Crippen molar-refractivity contribution in [1.29, 1.82) is 0 Å². The van der Waals surface area contributed by atoms with E-state index in [4.69, 9.17) is 10.2 Å². The van der Waals surface area contributed by atoms with Crippen molar-refractivity contribution in [2.75, 3.05) is 0 Å². The second-order valence-electron chi connectivity index (χ2n) is 1.53. The first-order valence-electron chi connectivity index (χ1n) is 2.24. The molecular weight excluding hydrogens is 223 g/mol. The summed E-state index contributed by atoms with van der Waals surface area (Å²) < 4.78 is 0. The van der Waals surface area contributed by atoms with Crippen LogP contribution in [0.3, 0.4) is 0 Å². The Morgan fingerprint density at radius 3 is 1.25 bits per heavy atom. The van der Waals surface area contributed by atoms with Gasteiger partial charge in [-0.25, -0.2) is 0 Å². The number of aliphatic carboxylic acids is 2. The number of hydrogen-bond acceptors (Lipinski definition) is 6. The standard InChI is InChI=1S/C4H6O6.Ca.K/c5-1(3(7)8)2(6)4(9)10;;/h1-2,5-6H,(H,7,8)(H,9,10);;/q;+2;+1/p-2. The number of hydrogen-bond donors (Lipinski definition) is 2. The number of carboxylic acids is 2. The fourth-order valence-electron chi connectivity index (χ4n) is 0.258. The number of carbonyl (C=O) groups is 2. The van der Waals surface area contributed by atoms with Crippen molar-refractivity contribution >= 4 is 49.7 Å². The van der Waals surface area contributed by atoms with Crippen LogP contribution in [0.2, 0.25) is 0 Å². The normalized spacial score (nSPS) is 13.2. The molecule has 0 fully saturated rings. The van der Waals surface area contributed by atoms with Crippen molar-refractivity contribution < 1.29 is 81.4 Å². The van der Waals surface area contributed by atoms with Gasteiger partial charge in [0, 0.05) is 0 Å². The molecule has 2 N–H and O–H groups in total. The van der Waals surface area contributed by atoms with Crippen molar-refractivity contribution in [2.45, 2.75) is 12.2 Å². The molecule has 0 aliphatic heterocycles. The predicted octanol–water partition coefficient (Wildman–Crippen LogP) is -8.17. The molecule has 2 atom stereocenters. The summed E-state index contributed by atoms with van der Waals surface area (Å²) in [6.45, 7) is 0. The summed E-state index contributed by atoms with van der Waals surface area (Å²) in [6, 6.07) is 0. The van der Waals surface area contributed by atoms with Crippen LogP contribution >= 0.6 is 0 Å². The largest absolute Gasteiger partial charge is 2.00 e. The summed E-state index contributed by atoms with van der Waals surface area (Å²) in [5.41, 5.74) is 0. The van der Waals surface area contributed by atoms with Crippen LogP contribution in [0.15, 0.2) is 0 Å². The molecule has 0 rings (SSSR count). The first-order chi connectivity index (χ1) is 4.46. The van der Waals surface area contributed by atoms with Crippen LogP contribution in [0.4, 0.5) is 0 Å². The average molecular weight is 227 g/mol. The van der Waals surface area contributed by atoms with Crippen molar-refractivity contribution in [2.24, 2.45) is 0 Å². The van der Waals surface area contributed by atoms with Crippen LogP contribution < -0.4 is 61.6 Å². The van der Waals surface area contributed by atoms with Crippen LogP contribution in [-0.4, -0.2) is 72.1 Å². The zero-order valence-electron chi connectivity index (χ0n) is 6.39. The van der Waals surface area contributed by atoms with Gasteiger partial charge in [-0.15, -0.1) is 0 Å². The van der Waals surface area contributed by atoms with Crippen molar-refractivity contribution in [3.05, 3.63) is 0 Å². The van der Waals surface area contributed by atoms with Crippen molar-refractivity contribution in [3.8, 4) is 0 Å². The summed E-state index contributed by atoms with van der Waals surface area (Å²) in [5.74, 6) is -4.12. The van der Waals surface area contributed by atoms with Crippen LogP contribution in [-0.2, 0) is 9.59 Å². The molecule has 0 bridgehead atoms. The Kier molecular flexibility index (Phi) is 15.0.